The van der Waals surface area contributed by atoms with Crippen molar-refractivity contribution in [3.63, 3.8) is 0 Å². The molecule has 0 aromatic carbocycles. The van der Waals surface area contributed by atoms with Crippen LogP contribution in [-0.2, 0) is 9.59 Å². The molecule has 0 saturated carbocycles. The van der Waals surface area contributed by atoms with Gasteiger partial charge in [0.15, 0.2) is 0 Å². The summed E-state index contributed by atoms with van der Waals surface area (Å²) < 4.78 is 0. The molecule has 0 spiro atoms. The van der Waals surface area contributed by atoms with Crippen molar-refractivity contribution in [3.05, 3.63) is 0 Å². The Morgan fingerprint density at radius 2 is 2.08 bits per heavy atom. The summed E-state index contributed by atoms with van der Waals surface area (Å²) in [5.41, 5.74) is 1.66. The fourth-order valence-corrected chi connectivity index (χ4v) is 1.51. The van der Waals surface area contributed by atoms with Crippen LogP contribution in [0.3, 0.4) is 0 Å². The first kappa shape index (κ1) is 9.03. The Kier molecular flexibility index (Phi) is 2.08. The molecular formula is C8H14N2O2. The van der Waals surface area contributed by atoms with Crippen LogP contribution in [0.5, 0.6) is 0 Å². The topological polar surface area (TPSA) is 49.4 Å². The van der Waals surface area contributed by atoms with E-state index in [2.05, 4.69) is 5.43 Å². The molecular weight excluding hydrogens is 156 g/mol. The molecule has 0 aromatic heterocycles. The first-order valence-electron chi connectivity index (χ1n) is 4.11. The van der Waals surface area contributed by atoms with Crippen LogP contribution in [0.25, 0.3) is 0 Å². The monoisotopic (exact) mass is 170 g/mol. The summed E-state index contributed by atoms with van der Waals surface area (Å²) in [5, 5.41) is 1.26. The summed E-state index contributed by atoms with van der Waals surface area (Å²) in [5.74, 6) is -0.314. The van der Waals surface area contributed by atoms with Crippen molar-refractivity contribution in [2.24, 2.45) is 5.41 Å². The number of rotatable bonds is 2. The minimum absolute atomic E-state index is 0.130. The van der Waals surface area contributed by atoms with E-state index < -0.39 is 5.41 Å². The zero-order chi connectivity index (χ0) is 9.35. The van der Waals surface area contributed by atoms with Crippen LogP contribution in [0.4, 0.5) is 0 Å². The first-order chi connectivity index (χ1) is 5.52. The Balaban J connectivity index is 2.88. The van der Waals surface area contributed by atoms with Gasteiger partial charge in [0, 0.05) is 7.05 Å². The molecule has 2 amide bonds. The number of nitrogens with zero attached hydrogens (tertiary/aromatic N) is 1. The highest BCUT2D eigenvalue weighted by Gasteiger charge is 2.48. The lowest BCUT2D eigenvalue weighted by Gasteiger charge is -2.16. The molecule has 0 aromatic rings. The Hall–Kier alpha value is -1.06. The molecule has 1 unspecified atom stereocenters. The lowest BCUT2D eigenvalue weighted by molar-refractivity contribution is -0.138. The zero-order valence-corrected chi connectivity index (χ0v) is 7.68. The highest BCUT2D eigenvalue weighted by molar-refractivity contribution is 6.09. The molecule has 1 aliphatic heterocycles. The van der Waals surface area contributed by atoms with Crippen molar-refractivity contribution in [2.75, 3.05) is 7.05 Å². The lowest BCUT2D eigenvalue weighted by Crippen LogP contribution is -2.32. The Bertz CT molecular complexity index is 227. The van der Waals surface area contributed by atoms with E-state index in [0.29, 0.717) is 6.42 Å². The standard InChI is InChI=1S/C8H14N2O2/c1-4-5-8(2)6(11)9-10(3)7(8)12/h4-5H2,1-3H3,(H,9,11). The van der Waals surface area contributed by atoms with E-state index in [1.54, 1.807) is 14.0 Å². The van der Waals surface area contributed by atoms with E-state index in [1.165, 1.54) is 5.01 Å². The first-order valence-corrected chi connectivity index (χ1v) is 4.11. The number of carbonyl (C=O) groups excluding carboxylic acids is 2. The van der Waals surface area contributed by atoms with Gasteiger partial charge in [-0.15, -0.1) is 0 Å². The third-order valence-corrected chi connectivity index (χ3v) is 2.30. The highest BCUT2D eigenvalue weighted by atomic mass is 16.2. The SMILES string of the molecule is CCCC1(C)C(=O)NN(C)C1=O. The molecule has 1 rings (SSSR count). The molecule has 4 nitrogen and oxygen atoms in total. The minimum Gasteiger partial charge on any atom is -0.272 e. The van der Waals surface area contributed by atoms with Crippen molar-refractivity contribution < 1.29 is 9.59 Å². The van der Waals surface area contributed by atoms with Crippen LogP contribution < -0.4 is 5.43 Å². The van der Waals surface area contributed by atoms with Gasteiger partial charge in [0.2, 0.25) is 0 Å². The molecule has 0 aliphatic carbocycles. The molecule has 1 N–H and O–H groups in total. The second kappa shape index (κ2) is 2.77. The van der Waals surface area contributed by atoms with Gasteiger partial charge in [-0.2, -0.15) is 0 Å². The molecule has 1 saturated heterocycles. The summed E-state index contributed by atoms with van der Waals surface area (Å²) in [6, 6.07) is 0. The van der Waals surface area contributed by atoms with Gasteiger partial charge in [0.05, 0.1) is 0 Å². The van der Waals surface area contributed by atoms with Gasteiger partial charge in [-0.05, 0) is 13.3 Å². The summed E-state index contributed by atoms with van der Waals surface area (Å²) in [7, 11) is 1.57. The van der Waals surface area contributed by atoms with E-state index in [0.717, 1.165) is 6.42 Å². The summed E-state index contributed by atoms with van der Waals surface area (Å²) in [4.78, 5) is 22.8. The third kappa shape index (κ3) is 1.07. The number of hydrogen-bond acceptors (Lipinski definition) is 2. The molecule has 1 atom stereocenters. The Morgan fingerprint density at radius 3 is 2.42 bits per heavy atom. The number of hydrazine groups is 1. The quantitative estimate of drug-likeness (QED) is 0.606. The molecule has 12 heavy (non-hydrogen) atoms. The van der Waals surface area contributed by atoms with Gasteiger partial charge in [-0.25, -0.2) is 0 Å². The van der Waals surface area contributed by atoms with E-state index in [-0.39, 0.29) is 11.8 Å². The molecule has 1 heterocycles. The van der Waals surface area contributed by atoms with Gasteiger partial charge >= 0.3 is 0 Å². The second-order valence-electron chi connectivity index (χ2n) is 3.39. The number of hydrogen-bond donors (Lipinski definition) is 1. The van der Waals surface area contributed by atoms with Crippen molar-refractivity contribution in [3.8, 4) is 0 Å². The highest BCUT2D eigenvalue weighted by Crippen LogP contribution is 2.29. The summed E-state index contributed by atoms with van der Waals surface area (Å²) in [6.45, 7) is 3.65. The fourth-order valence-electron chi connectivity index (χ4n) is 1.51. The predicted octanol–water partition coefficient (Wildman–Crippen LogP) is 0.296. The number of amides is 2. The van der Waals surface area contributed by atoms with E-state index in [9.17, 15) is 9.59 Å². The van der Waals surface area contributed by atoms with Crippen LogP contribution >= 0.6 is 0 Å². The van der Waals surface area contributed by atoms with E-state index in [1.807, 2.05) is 6.92 Å². The van der Waals surface area contributed by atoms with Crippen molar-refractivity contribution in [1.82, 2.24) is 10.4 Å². The van der Waals surface area contributed by atoms with Gasteiger partial charge in [-0.3, -0.25) is 20.0 Å². The van der Waals surface area contributed by atoms with Crippen LogP contribution in [0, 0.1) is 5.41 Å². The van der Waals surface area contributed by atoms with Gasteiger partial charge in [0.1, 0.15) is 5.41 Å². The Morgan fingerprint density at radius 1 is 1.50 bits per heavy atom. The maximum absolute atomic E-state index is 11.5. The molecule has 0 bridgehead atoms. The largest absolute Gasteiger partial charge is 0.272 e. The van der Waals surface area contributed by atoms with Crippen LogP contribution in [0.15, 0.2) is 0 Å². The lowest BCUT2D eigenvalue weighted by atomic mass is 9.85. The van der Waals surface area contributed by atoms with Gasteiger partial charge in [-0.1, -0.05) is 13.3 Å². The average Bonchev–Trinajstić information content (AvgIpc) is 2.17. The fraction of sp³-hybridized carbons (Fsp3) is 0.750. The second-order valence-corrected chi connectivity index (χ2v) is 3.39. The predicted molar refractivity (Wildman–Crippen MR) is 43.9 cm³/mol. The molecule has 68 valence electrons. The zero-order valence-electron chi connectivity index (χ0n) is 7.68. The summed E-state index contributed by atoms with van der Waals surface area (Å²) >= 11 is 0. The summed E-state index contributed by atoms with van der Waals surface area (Å²) in [6.07, 6.45) is 1.45. The van der Waals surface area contributed by atoms with Crippen molar-refractivity contribution in [1.29, 1.82) is 0 Å². The molecule has 1 aliphatic rings. The van der Waals surface area contributed by atoms with E-state index in [4.69, 9.17) is 0 Å². The normalized spacial score (nSPS) is 29.4. The minimum atomic E-state index is -0.830. The third-order valence-electron chi connectivity index (χ3n) is 2.30. The number of carbonyl (C=O) groups is 2. The van der Waals surface area contributed by atoms with Gasteiger partial charge in [0.25, 0.3) is 11.8 Å². The van der Waals surface area contributed by atoms with Crippen LogP contribution in [0.2, 0.25) is 0 Å². The molecule has 0 radical (unpaired) electrons. The smallest absolute Gasteiger partial charge is 0.256 e. The number of nitrogens with one attached hydrogen (secondary N) is 1. The molecule has 4 heteroatoms. The molecule has 1 fully saturated rings. The maximum Gasteiger partial charge on any atom is 0.256 e. The van der Waals surface area contributed by atoms with Crippen molar-refractivity contribution >= 4 is 11.8 Å². The van der Waals surface area contributed by atoms with Gasteiger partial charge < -0.3 is 0 Å². The average molecular weight is 170 g/mol. The van der Waals surface area contributed by atoms with Crippen LogP contribution in [0.1, 0.15) is 26.7 Å². The maximum atomic E-state index is 11.5. The Labute approximate surface area is 71.9 Å². The van der Waals surface area contributed by atoms with Crippen LogP contribution in [-0.4, -0.2) is 23.9 Å². The van der Waals surface area contributed by atoms with E-state index >= 15 is 0 Å². The van der Waals surface area contributed by atoms with Crippen molar-refractivity contribution in [2.45, 2.75) is 26.7 Å².